The van der Waals surface area contributed by atoms with Crippen molar-refractivity contribution in [3.63, 3.8) is 0 Å². The number of rotatable bonds is 7. The Balaban J connectivity index is 2.96. The second kappa shape index (κ2) is 7.90. The molecule has 0 aliphatic carbocycles. The van der Waals surface area contributed by atoms with Crippen LogP contribution >= 0.6 is 0 Å². The van der Waals surface area contributed by atoms with E-state index in [1.165, 1.54) is 0 Å². The molecule has 0 aliphatic heterocycles. The molecule has 1 rings (SSSR count). The van der Waals surface area contributed by atoms with E-state index < -0.39 is 0 Å². The standard InChI is InChI=1S/C16H26N2O2/c1-5-18(6-2)16(19)10-13(11-17)14-9-12(3)7-8-15(14)20-4/h7-9,13H,5-6,10-11,17H2,1-4H3. The first kappa shape index (κ1) is 16.5. The molecule has 1 amide bonds. The molecule has 0 saturated heterocycles. The molecule has 0 saturated carbocycles. The van der Waals surface area contributed by atoms with Crippen molar-refractivity contribution in [3.8, 4) is 5.75 Å². The molecular formula is C16H26N2O2. The van der Waals surface area contributed by atoms with Gasteiger partial charge in [-0.05, 0) is 38.9 Å². The molecule has 112 valence electrons. The molecule has 1 atom stereocenters. The summed E-state index contributed by atoms with van der Waals surface area (Å²) in [5.41, 5.74) is 8.05. The Bertz CT molecular complexity index is 442. The van der Waals surface area contributed by atoms with E-state index in [0.29, 0.717) is 13.0 Å². The minimum atomic E-state index is -0.00190. The van der Waals surface area contributed by atoms with Crippen LogP contribution in [0.15, 0.2) is 18.2 Å². The number of aryl methyl sites for hydroxylation is 1. The van der Waals surface area contributed by atoms with Gasteiger partial charge in [-0.2, -0.15) is 0 Å². The van der Waals surface area contributed by atoms with E-state index in [4.69, 9.17) is 10.5 Å². The first-order valence-electron chi connectivity index (χ1n) is 7.19. The lowest BCUT2D eigenvalue weighted by Crippen LogP contribution is -2.32. The van der Waals surface area contributed by atoms with Gasteiger partial charge in [-0.3, -0.25) is 4.79 Å². The lowest BCUT2D eigenvalue weighted by Gasteiger charge is -2.23. The number of nitrogens with zero attached hydrogens (tertiary/aromatic N) is 1. The number of carbonyl (C=O) groups excluding carboxylic acids is 1. The summed E-state index contributed by atoms with van der Waals surface area (Å²) < 4.78 is 5.40. The van der Waals surface area contributed by atoms with Crippen LogP contribution in [0.1, 0.15) is 37.3 Å². The zero-order valence-corrected chi connectivity index (χ0v) is 13.0. The summed E-state index contributed by atoms with van der Waals surface area (Å²) >= 11 is 0. The number of ether oxygens (including phenoxy) is 1. The topological polar surface area (TPSA) is 55.6 Å². The zero-order valence-electron chi connectivity index (χ0n) is 13.0. The molecule has 2 N–H and O–H groups in total. The van der Waals surface area contributed by atoms with E-state index in [1.54, 1.807) is 7.11 Å². The molecule has 0 fully saturated rings. The zero-order chi connectivity index (χ0) is 15.1. The van der Waals surface area contributed by atoms with E-state index in [1.807, 2.05) is 37.8 Å². The monoisotopic (exact) mass is 278 g/mol. The summed E-state index contributed by atoms with van der Waals surface area (Å²) in [5.74, 6) is 0.949. The van der Waals surface area contributed by atoms with Gasteiger partial charge in [0.25, 0.3) is 0 Å². The van der Waals surface area contributed by atoms with Crippen LogP contribution in [0.5, 0.6) is 5.75 Å². The summed E-state index contributed by atoms with van der Waals surface area (Å²) in [4.78, 5) is 14.1. The van der Waals surface area contributed by atoms with Gasteiger partial charge in [0, 0.05) is 25.4 Å². The fraction of sp³-hybridized carbons (Fsp3) is 0.562. The van der Waals surface area contributed by atoms with Crippen molar-refractivity contribution in [2.45, 2.75) is 33.1 Å². The number of hydrogen-bond acceptors (Lipinski definition) is 3. The molecule has 0 heterocycles. The largest absolute Gasteiger partial charge is 0.496 e. The molecule has 0 radical (unpaired) electrons. The van der Waals surface area contributed by atoms with Crippen molar-refractivity contribution in [1.29, 1.82) is 0 Å². The van der Waals surface area contributed by atoms with Gasteiger partial charge < -0.3 is 15.4 Å². The van der Waals surface area contributed by atoms with Crippen molar-refractivity contribution >= 4 is 5.91 Å². The summed E-state index contributed by atoms with van der Waals surface area (Å²) in [5, 5.41) is 0. The maximum absolute atomic E-state index is 12.3. The fourth-order valence-electron chi connectivity index (χ4n) is 2.41. The van der Waals surface area contributed by atoms with E-state index in [9.17, 15) is 4.79 Å². The van der Waals surface area contributed by atoms with Crippen LogP contribution in [0.25, 0.3) is 0 Å². The molecule has 4 heteroatoms. The second-order valence-electron chi connectivity index (χ2n) is 4.95. The molecule has 4 nitrogen and oxygen atoms in total. The lowest BCUT2D eigenvalue weighted by atomic mass is 9.93. The van der Waals surface area contributed by atoms with Crippen molar-refractivity contribution < 1.29 is 9.53 Å². The van der Waals surface area contributed by atoms with Crippen LogP contribution in [0.3, 0.4) is 0 Å². The highest BCUT2D eigenvalue weighted by Gasteiger charge is 2.21. The van der Waals surface area contributed by atoms with Crippen molar-refractivity contribution in [2.24, 2.45) is 5.73 Å². The Morgan fingerprint density at radius 1 is 1.35 bits per heavy atom. The van der Waals surface area contributed by atoms with Crippen LogP contribution in [0.4, 0.5) is 0 Å². The Labute approximate surface area is 121 Å². The lowest BCUT2D eigenvalue weighted by molar-refractivity contribution is -0.131. The second-order valence-corrected chi connectivity index (χ2v) is 4.95. The summed E-state index contributed by atoms with van der Waals surface area (Å²) in [6.45, 7) is 7.92. The smallest absolute Gasteiger partial charge is 0.223 e. The Morgan fingerprint density at radius 2 is 2.00 bits per heavy atom. The third-order valence-corrected chi connectivity index (χ3v) is 3.65. The summed E-state index contributed by atoms with van der Waals surface area (Å²) in [6.07, 6.45) is 0.429. The highest BCUT2D eigenvalue weighted by molar-refractivity contribution is 5.77. The van der Waals surface area contributed by atoms with E-state index in [2.05, 4.69) is 6.07 Å². The SMILES string of the molecule is CCN(CC)C(=O)CC(CN)c1cc(C)ccc1OC. The molecule has 0 aliphatic rings. The van der Waals surface area contributed by atoms with Crippen LogP contribution in [0.2, 0.25) is 0 Å². The van der Waals surface area contributed by atoms with Crippen LogP contribution in [-0.2, 0) is 4.79 Å². The summed E-state index contributed by atoms with van der Waals surface area (Å²) in [7, 11) is 1.65. The van der Waals surface area contributed by atoms with Gasteiger partial charge in [0.1, 0.15) is 5.75 Å². The predicted molar refractivity (Wildman–Crippen MR) is 82.1 cm³/mol. The van der Waals surface area contributed by atoms with Gasteiger partial charge in [-0.25, -0.2) is 0 Å². The average Bonchev–Trinajstić information content (AvgIpc) is 2.46. The number of benzene rings is 1. The van der Waals surface area contributed by atoms with Crippen LogP contribution < -0.4 is 10.5 Å². The maximum Gasteiger partial charge on any atom is 0.223 e. The van der Waals surface area contributed by atoms with Gasteiger partial charge in [-0.15, -0.1) is 0 Å². The number of hydrogen-bond donors (Lipinski definition) is 1. The highest BCUT2D eigenvalue weighted by atomic mass is 16.5. The van der Waals surface area contributed by atoms with Gasteiger partial charge in [0.15, 0.2) is 0 Å². The minimum Gasteiger partial charge on any atom is -0.496 e. The van der Waals surface area contributed by atoms with Gasteiger partial charge in [-0.1, -0.05) is 17.7 Å². The Morgan fingerprint density at radius 3 is 2.50 bits per heavy atom. The number of nitrogens with two attached hydrogens (primary N) is 1. The first-order valence-corrected chi connectivity index (χ1v) is 7.19. The van der Waals surface area contributed by atoms with E-state index >= 15 is 0 Å². The first-order chi connectivity index (χ1) is 9.57. The molecule has 20 heavy (non-hydrogen) atoms. The van der Waals surface area contributed by atoms with Crippen molar-refractivity contribution in [2.75, 3.05) is 26.7 Å². The van der Waals surface area contributed by atoms with Crippen molar-refractivity contribution in [1.82, 2.24) is 4.90 Å². The molecular weight excluding hydrogens is 252 g/mol. The van der Waals surface area contributed by atoms with E-state index in [0.717, 1.165) is 30.0 Å². The van der Waals surface area contributed by atoms with Gasteiger partial charge >= 0.3 is 0 Å². The third kappa shape index (κ3) is 3.97. The number of carbonyl (C=O) groups is 1. The van der Waals surface area contributed by atoms with Crippen LogP contribution in [-0.4, -0.2) is 37.6 Å². The minimum absolute atomic E-state index is 0.00190. The Hall–Kier alpha value is -1.55. The molecule has 0 spiro atoms. The average molecular weight is 278 g/mol. The molecule has 0 bridgehead atoms. The summed E-state index contributed by atoms with van der Waals surface area (Å²) in [6, 6.07) is 6.00. The molecule has 1 aromatic rings. The predicted octanol–water partition coefficient (Wildman–Crippen LogP) is 2.30. The van der Waals surface area contributed by atoms with Crippen molar-refractivity contribution in [3.05, 3.63) is 29.3 Å². The number of methoxy groups -OCH3 is 1. The molecule has 1 unspecified atom stereocenters. The van der Waals surface area contributed by atoms with Crippen LogP contribution in [0, 0.1) is 6.92 Å². The normalized spacial score (nSPS) is 12.1. The number of amides is 1. The maximum atomic E-state index is 12.3. The molecule has 0 aromatic heterocycles. The van der Waals surface area contributed by atoms with E-state index in [-0.39, 0.29) is 11.8 Å². The van der Waals surface area contributed by atoms with Gasteiger partial charge in [0.05, 0.1) is 7.11 Å². The molecule has 1 aromatic carbocycles. The fourth-order valence-corrected chi connectivity index (χ4v) is 2.41. The Kier molecular flexibility index (Phi) is 6.52. The van der Waals surface area contributed by atoms with Gasteiger partial charge in [0.2, 0.25) is 5.91 Å². The third-order valence-electron chi connectivity index (χ3n) is 3.65. The quantitative estimate of drug-likeness (QED) is 0.832. The highest BCUT2D eigenvalue weighted by Crippen LogP contribution is 2.29.